The maximum absolute atomic E-state index is 13.8. The molecule has 246 valence electrons. The Bertz CT molecular complexity index is 1360. The molecule has 45 heavy (non-hydrogen) atoms. The Morgan fingerprint density at radius 3 is 2.13 bits per heavy atom. The Labute approximate surface area is 265 Å². The van der Waals surface area contributed by atoms with Crippen molar-refractivity contribution in [2.75, 3.05) is 41.5 Å². The fourth-order valence-electron chi connectivity index (χ4n) is 5.79. The summed E-state index contributed by atoms with van der Waals surface area (Å²) in [6, 6.07) is 6.84. The molecule has 3 aromatic rings. The summed E-state index contributed by atoms with van der Waals surface area (Å²) in [7, 11) is 0. The number of aromatic nitrogens is 2. The second kappa shape index (κ2) is 15.0. The normalized spacial score (nSPS) is 14.9. The molecule has 1 heterocycles. The van der Waals surface area contributed by atoms with Gasteiger partial charge in [0, 0.05) is 31.1 Å². The molecule has 1 aromatic heterocycles. The molecule has 0 bridgehead atoms. The summed E-state index contributed by atoms with van der Waals surface area (Å²) < 4.78 is 88.5. The van der Waals surface area contributed by atoms with Crippen molar-refractivity contribution in [3.63, 3.8) is 0 Å². The van der Waals surface area contributed by atoms with Crippen LogP contribution in [0.25, 0.3) is 0 Å². The largest absolute Gasteiger partial charge is 0.489 e. The molecule has 0 radical (unpaired) electrons. The molecular weight excluding hydrogens is 614 g/mol. The van der Waals surface area contributed by atoms with Crippen molar-refractivity contribution >= 4 is 23.4 Å². The van der Waals surface area contributed by atoms with E-state index in [1.807, 2.05) is 31.4 Å². The minimum Gasteiger partial charge on any atom is -0.489 e. The van der Waals surface area contributed by atoms with Crippen molar-refractivity contribution in [1.82, 2.24) is 9.97 Å². The van der Waals surface area contributed by atoms with Crippen molar-refractivity contribution in [3.8, 4) is 5.75 Å². The van der Waals surface area contributed by atoms with Crippen LogP contribution in [-0.4, -0.2) is 41.7 Å². The number of rotatable bonds is 13. The van der Waals surface area contributed by atoms with Gasteiger partial charge in [0.1, 0.15) is 0 Å². The molecule has 1 unspecified atom stereocenters. The van der Waals surface area contributed by atoms with Gasteiger partial charge < -0.3 is 14.5 Å². The van der Waals surface area contributed by atoms with Gasteiger partial charge in [0.15, 0.2) is 5.75 Å². The van der Waals surface area contributed by atoms with Gasteiger partial charge in [-0.3, -0.25) is 0 Å². The highest BCUT2D eigenvalue weighted by molar-refractivity contribution is 7.98. The molecule has 1 saturated carbocycles. The monoisotopic (exact) mass is 654 g/mol. The van der Waals surface area contributed by atoms with Crippen LogP contribution in [0.4, 0.5) is 38.0 Å². The topological polar surface area (TPSA) is 41.5 Å². The first-order valence-corrected chi connectivity index (χ1v) is 16.5. The van der Waals surface area contributed by atoms with Gasteiger partial charge >= 0.3 is 12.4 Å². The number of hydrogen-bond donors (Lipinski definition) is 0. The number of nitrogens with zero attached hydrogens (tertiary/aromatic N) is 4. The first kappa shape index (κ1) is 34.7. The van der Waals surface area contributed by atoms with Gasteiger partial charge in [-0.15, -0.1) is 0 Å². The Balaban J connectivity index is 1.78. The van der Waals surface area contributed by atoms with E-state index >= 15 is 0 Å². The summed E-state index contributed by atoms with van der Waals surface area (Å²) in [5.74, 6) is 1.91. The second-order valence-electron chi connectivity index (χ2n) is 11.5. The van der Waals surface area contributed by atoms with Gasteiger partial charge in [-0.1, -0.05) is 30.5 Å². The Morgan fingerprint density at radius 2 is 1.58 bits per heavy atom. The third-order valence-corrected chi connectivity index (χ3v) is 8.81. The fourth-order valence-corrected chi connectivity index (χ4v) is 6.04. The van der Waals surface area contributed by atoms with Crippen LogP contribution in [0.1, 0.15) is 73.4 Å². The minimum absolute atomic E-state index is 0.145. The molecule has 0 amide bonds. The highest BCUT2D eigenvalue weighted by Gasteiger charge is 2.38. The number of benzene rings is 2. The van der Waals surface area contributed by atoms with Gasteiger partial charge in [-0.2, -0.15) is 38.1 Å². The van der Waals surface area contributed by atoms with Crippen LogP contribution in [0.3, 0.4) is 0 Å². The van der Waals surface area contributed by atoms with Gasteiger partial charge in [-0.25, -0.2) is 9.97 Å². The van der Waals surface area contributed by atoms with Crippen LogP contribution in [0.15, 0.2) is 48.8 Å². The zero-order valence-electron chi connectivity index (χ0n) is 26.0. The van der Waals surface area contributed by atoms with Crippen molar-refractivity contribution in [2.45, 2.75) is 71.4 Å². The van der Waals surface area contributed by atoms with E-state index in [0.717, 1.165) is 60.6 Å². The Kier molecular flexibility index (Phi) is 11.5. The highest BCUT2D eigenvalue weighted by atomic mass is 32.2. The molecule has 4 rings (SSSR count). The number of ether oxygens (including phenoxy) is 1. The molecule has 2 aromatic carbocycles. The van der Waals surface area contributed by atoms with E-state index in [-0.39, 0.29) is 24.1 Å². The molecule has 0 aliphatic heterocycles. The molecule has 5 nitrogen and oxygen atoms in total. The quantitative estimate of drug-likeness (QED) is 0.135. The zero-order chi connectivity index (χ0) is 32.8. The summed E-state index contributed by atoms with van der Waals surface area (Å²) in [4.78, 5) is 12.9. The Morgan fingerprint density at radius 1 is 0.956 bits per heavy atom. The van der Waals surface area contributed by atoms with Crippen LogP contribution in [-0.2, 0) is 18.9 Å². The summed E-state index contributed by atoms with van der Waals surface area (Å²) in [6.45, 7) is 7.84. The summed E-state index contributed by atoms with van der Waals surface area (Å²) in [5, 5.41) is 0. The van der Waals surface area contributed by atoms with E-state index in [0.29, 0.717) is 18.3 Å². The maximum Gasteiger partial charge on any atom is 0.416 e. The number of thioether (sulfide) groups is 1. The molecule has 0 spiro atoms. The van der Waals surface area contributed by atoms with E-state index < -0.39 is 29.5 Å². The molecule has 1 atom stereocenters. The SMILES string of the molecule is CCN(CC1CCCC1)c1ccc(C)cc1CN(c1ncc(OCCSC)cn1)C(C)c1cc(C(F)(F)F)cc(C(F)(F)F)c1. The number of halogens is 6. The summed E-state index contributed by atoms with van der Waals surface area (Å²) in [6.07, 6.45) is -0.270. The molecule has 1 aliphatic carbocycles. The van der Waals surface area contributed by atoms with E-state index in [2.05, 4.69) is 21.8 Å². The molecule has 12 heteroatoms. The van der Waals surface area contributed by atoms with Crippen LogP contribution < -0.4 is 14.5 Å². The lowest BCUT2D eigenvalue weighted by molar-refractivity contribution is -0.143. The first-order valence-electron chi connectivity index (χ1n) is 15.1. The van der Waals surface area contributed by atoms with Crippen molar-refractivity contribution in [3.05, 3.63) is 76.6 Å². The summed E-state index contributed by atoms with van der Waals surface area (Å²) >= 11 is 1.62. The molecule has 1 fully saturated rings. The standard InChI is InChI=1S/C33H40F6N4OS/c1-5-42(20-24-8-6-7-9-24)30-11-10-22(2)14-26(30)21-43(31-40-18-29(19-41-31)44-12-13-45-4)23(3)25-15-27(32(34,35)36)17-28(16-25)33(37,38)39/h10-11,14-19,23-24H,5-9,12-13,20-21H2,1-4H3. The lowest BCUT2D eigenvalue weighted by Gasteiger charge is -2.34. The van der Waals surface area contributed by atoms with E-state index in [1.54, 1.807) is 23.6 Å². The third kappa shape index (κ3) is 9.20. The van der Waals surface area contributed by atoms with Crippen LogP contribution in [0, 0.1) is 12.8 Å². The number of alkyl halides is 6. The van der Waals surface area contributed by atoms with E-state index in [4.69, 9.17) is 4.74 Å². The van der Waals surface area contributed by atoms with Gasteiger partial charge in [-0.05, 0) is 81.2 Å². The fraction of sp³-hybridized carbons (Fsp3) is 0.515. The number of hydrogen-bond acceptors (Lipinski definition) is 6. The van der Waals surface area contributed by atoms with Crippen molar-refractivity contribution in [1.29, 1.82) is 0 Å². The van der Waals surface area contributed by atoms with Crippen LogP contribution in [0.2, 0.25) is 0 Å². The van der Waals surface area contributed by atoms with E-state index in [1.165, 1.54) is 25.2 Å². The average Bonchev–Trinajstić information content (AvgIpc) is 3.51. The molecule has 0 saturated heterocycles. The Hall–Kier alpha value is -3.15. The summed E-state index contributed by atoms with van der Waals surface area (Å²) in [5.41, 5.74) is -0.0216. The van der Waals surface area contributed by atoms with Gasteiger partial charge in [0.05, 0.1) is 36.2 Å². The lowest BCUT2D eigenvalue weighted by Crippen LogP contribution is -2.32. The van der Waals surface area contributed by atoms with Gasteiger partial charge in [0.2, 0.25) is 5.95 Å². The number of anilines is 2. The predicted molar refractivity (Wildman–Crippen MR) is 168 cm³/mol. The molecule has 0 N–H and O–H groups in total. The first-order chi connectivity index (χ1) is 21.3. The van der Waals surface area contributed by atoms with Crippen molar-refractivity contribution in [2.24, 2.45) is 5.92 Å². The molecular formula is C33H40F6N4OS. The van der Waals surface area contributed by atoms with E-state index in [9.17, 15) is 26.3 Å². The zero-order valence-corrected chi connectivity index (χ0v) is 26.8. The van der Waals surface area contributed by atoms with Crippen LogP contribution in [0.5, 0.6) is 5.75 Å². The second-order valence-corrected chi connectivity index (χ2v) is 12.5. The van der Waals surface area contributed by atoms with Crippen LogP contribution >= 0.6 is 11.8 Å². The van der Waals surface area contributed by atoms with Crippen molar-refractivity contribution < 1.29 is 31.1 Å². The molecule has 1 aliphatic rings. The number of aryl methyl sites for hydroxylation is 1. The smallest absolute Gasteiger partial charge is 0.416 e. The van der Waals surface area contributed by atoms with Gasteiger partial charge in [0.25, 0.3) is 0 Å². The highest BCUT2D eigenvalue weighted by Crippen LogP contribution is 2.40. The average molecular weight is 655 g/mol. The minimum atomic E-state index is -4.96. The third-order valence-electron chi connectivity index (χ3n) is 8.24. The lowest BCUT2D eigenvalue weighted by atomic mass is 9.98. The predicted octanol–water partition coefficient (Wildman–Crippen LogP) is 9.35. The maximum atomic E-state index is 13.8.